The molecular formula is C10H20N2S. The van der Waals surface area contributed by atoms with Crippen molar-refractivity contribution in [1.82, 2.24) is 9.80 Å². The fraction of sp³-hybridized carbons (Fsp3) is 0.800. The number of hydrogen-bond acceptors (Lipinski definition) is 3. The van der Waals surface area contributed by atoms with Crippen molar-refractivity contribution in [3.63, 3.8) is 0 Å². The number of rotatable bonds is 4. The molecule has 3 heteroatoms. The van der Waals surface area contributed by atoms with E-state index in [1.165, 1.54) is 5.70 Å². The third-order valence-corrected chi connectivity index (χ3v) is 3.81. The van der Waals surface area contributed by atoms with Crippen LogP contribution in [0.3, 0.4) is 0 Å². The van der Waals surface area contributed by atoms with Crippen LogP contribution < -0.4 is 0 Å². The van der Waals surface area contributed by atoms with Crippen LogP contribution in [0.2, 0.25) is 0 Å². The zero-order valence-electron chi connectivity index (χ0n) is 9.08. The Balaban J connectivity index is 2.62. The molecule has 0 bridgehead atoms. The topological polar surface area (TPSA) is 6.48 Å². The number of hydrogen-bond donors (Lipinski definition) is 0. The van der Waals surface area contributed by atoms with Gasteiger partial charge in [0.15, 0.2) is 0 Å². The Kier molecular flexibility index (Phi) is 4.13. The summed E-state index contributed by atoms with van der Waals surface area (Å²) in [5, 5.41) is 2.31. The molecule has 0 aliphatic carbocycles. The van der Waals surface area contributed by atoms with Gasteiger partial charge in [0, 0.05) is 12.2 Å². The fourth-order valence-electron chi connectivity index (χ4n) is 1.57. The van der Waals surface area contributed by atoms with E-state index in [0.29, 0.717) is 5.50 Å². The summed E-state index contributed by atoms with van der Waals surface area (Å²) in [6.45, 7) is 8.88. The normalized spacial score (nSPS) is 22.7. The van der Waals surface area contributed by atoms with Crippen molar-refractivity contribution in [2.45, 2.75) is 32.7 Å². The van der Waals surface area contributed by atoms with Gasteiger partial charge in [-0.3, -0.25) is 4.90 Å². The molecule has 0 aromatic heterocycles. The molecule has 0 aromatic rings. The van der Waals surface area contributed by atoms with Gasteiger partial charge in [0.25, 0.3) is 0 Å². The van der Waals surface area contributed by atoms with Gasteiger partial charge in [-0.2, -0.15) is 0 Å². The Morgan fingerprint density at radius 2 is 2.15 bits per heavy atom. The van der Waals surface area contributed by atoms with Crippen LogP contribution in [0.4, 0.5) is 0 Å². The minimum absolute atomic E-state index is 0.532. The molecule has 1 aliphatic rings. The van der Waals surface area contributed by atoms with E-state index in [1.807, 2.05) is 11.8 Å². The molecule has 0 radical (unpaired) electrons. The number of nitrogens with zero attached hydrogens (tertiary/aromatic N) is 2. The molecule has 1 heterocycles. The molecule has 0 fully saturated rings. The summed E-state index contributed by atoms with van der Waals surface area (Å²) in [4.78, 5) is 4.86. The minimum atomic E-state index is 0.532. The van der Waals surface area contributed by atoms with Gasteiger partial charge in [-0.15, -0.1) is 0 Å². The largest absolute Gasteiger partial charge is 0.350 e. The molecule has 0 spiro atoms. The van der Waals surface area contributed by atoms with Crippen LogP contribution in [0, 0.1) is 0 Å². The van der Waals surface area contributed by atoms with Crippen LogP contribution >= 0.6 is 11.8 Å². The van der Waals surface area contributed by atoms with E-state index in [9.17, 15) is 0 Å². The maximum absolute atomic E-state index is 2.48. The first-order valence-electron chi connectivity index (χ1n) is 5.05. The van der Waals surface area contributed by atoms with Gasteiger partial charge < -0.3 is 4.90 Å². The molecule has 0 unspecified atom stereocenters. The maximum Gasteiger partial charge on any atom is 0.134 e. The first-order valence-corrected chi connectivity index (χ1v) is 6.00. The lowest BCUT2D eigenvalue weighted by Gasteiger charge is -2.33. The Labute approximate surface area is 86.0 Å². The van der Waals surface area contributed by atoms with Gasteiger partial charge in [0.2, 0.25) is 0 Å². The van der Waals surface area contributed by atoms with E-state index in [1.54, 1.807) is 0 Å². The smallest absolute Gasteiger partial charge is 0.134 e. The van der Waals surface area contributed by atoms with E-state index in [2.05, 4.69) is 43.0 Å². The molecule has 13 heavy (non-hydrogen) atoms. The Hall–Kier alpha value is -0.150. The van der Waals surface area contributed by atoms with E-state index >= 15 is 0 Å². The fourth-order valence-corrected chi connectivity index (χ4v) is 2.94. The average Bonchev–Trinajstić information content (AvgIpc) is 2.58. The Bertz CT molecular complexity index is 191. The lowest BCUT2D eigenvalue weighted by Crippen LogP contribution is -2.40. The predicted molar refractivity (Wildman–Crippen MR) is 60.4 cm³/mol. The summed E-state index contributed by atoms with van der Waals surface area (Å²) >= 11 is 1.93. The highest BCUT2D eigenvalue weighted by Gasteiger charge is 2.26. The molecule has 0 amide bonds. The van der Waals surface area contributed by atoms with Crippen molar-refractivity contribution >= 4 is 11.8 Å². The number of thioether (sulfide) groups is 1. The summed E-state index contributed by atoms with van der Waals surface area (Å²) in [7, 11) is 2.19. The second-order valence-electron chi connectivity index (χ2n) is 3.28. The minimum Gasteiger partial charge on any atom is -0.350 e. The highest BCUT2D eigenvalue weighted by Crippen LogP contribution is 2.33. The third-order valence-electron chi connectivity index (χ3n) is 2.54. The van der Waals surface area contributed by atoms with E-state index < -0.39 is 0 Å². The summed E-state index contributed by atoms with van der Waals surface area (Å²) < 4.78 is 0. The molecule has 1 atom stereocenters. The first-order chi connectivity index (χ1) is 6.24. The highest BCUT2D eigenvalue weighted by atomic mass is 32.2. The van der Waals surface area contributed by atoms with Crippen LogP contribution in [0.5, 0.6) is 0 Å². The van der Waals surface area contributed by atoms with Crippen molar-refractivity contribution in [3.05, 3.63) is 11.1 Å². The monoisotopic (exact) mass is 200 g/mol. The molecule has 0 aromatic carbocycles. The predicted octanol–water partition coefficient (Wildman–Crippen LogP) is 2.54. The molecule has 76 valence electrons. The zero-order chi connectivity index (χ0) is 9.84. The average molecular weight is 200 g/mol. The van der Waals surface area contributed by atoms with Gasteiger partial charge in [-0.05, 0) is 32.3 Å². The lowest BCUT2D eigenvalue weighted by molar-refractivity contribution is 0.175. The molecule has 1 rings (SSSR count). The summed E-state index contributed by atoms with van der Waals surface area (Å²) in [6, 6.07) is 0. The van der Waals surface area contributed by atoms with Gasteiger partial charge in [-0.1, -0.05) is 25.6 Å². The number of allylic oxidation sites excluding steroid dienone is 1. The van der Waals surface area contributed by atoms with Crippen LogP contribution in [0.15, 0.2) is 11.1 Å². The van der Waals surface area contributed by atoms with Crippen molar-refractivity contribution < 1.29 is 0 Å². The SMILES string of the molecule is CCC1=CS[C@H](N(C)CC)N1CC. The van der Waals surface area contributed by atoms with Crippen LogP contribution in [-0.2, 0) is 0 Å². The summed E-state index contributed by atoms with van der Waals surface area (Å²) in [5.41, 5.74) is 2.02. The van der Waals surface area contributed by atoms with Crippen molar-refractivity contribution in [2.75, 3.05) is 20.1 Å². The van der Waals surface area contributed by atoms with Crippen molar-refractivity contribution in [2.24, 2.45) is 0 Å². The van der Waals surface area contributed by atoms with Gasteiger partial charge >= 0.3 is 0 Å². The molecule has 0 N–H and O–H groups in total. The van der Waals surface area contributed by atoms with Crippen LogP contribution in [0.1, 0.15) is 27.2 Å². The van der Waals surface area contributed by atoms with Crippen LogP contribution in [-0.4, -0.2) is 35.4 Å². The maximum atomic E-state index is 2.48. The van der Waals surface area contributed by atoms with Gasteiger partial charge in [-0.25, -0.2) is 0 Å². The van der Waals surface area contributed by atoms with E-state index in [4.69, 9.17) is 0 Å². The Morgan fingerprint density at radius 1 is 1.46 bits per heavy atom. The van der Waals surface area contributed by atoms with Gasteiger partial charge in [0.05, 0.1) is 0 Å². The summed E-state index contributed by atoms with van der Waals surface area (Å²) in [6.07, 6.45) is 1.15. The second kappa shape index (κ2) is 4.91. The van der Waals surface area contributed by atoms with Crippen molar-refractivity contribution in [3.8, 4) is 0 Å². The standard InChI is InChI=1S/C10H20N2S/c1-5-9-8-13-10(11(4)6-2)12(9)7-3/h8,10H,5-7H2,1-4H3/t10-/m1/s1. The summed E-state index contributed by atoms with van der Waals surface area (Å²) in [5.74, 6) is 0. The van der Waals surface area contributed by atoms with E-state index in [-0.39, 0.29) is 0 Å². The Morgan fingerprint density at radius 3 is 2.62 bits per heavy atom. The lowest BCUT2D eigenvalue weighted by atomic mass is 10.3. The molecule has 2 nitrogen and oxygen atoms in total. The molecular weight excluding hydrogens is 180 g/mol. The first kappa shape index (κ1) is 10.9. The molecule has 0 saturated heterocycles. The second-order valence-corrected chi connectivity index (χ2v) is 4.21. The zero-order valence-corrected chi connectivity index (χ0v) is 9.90. The van der Waals surface area contributed by atoms with E-state index in [0.717, 1.165) is 19.5 Å². The molecule has 0 saturated carbocycles. The quantitative estimate of drug-likeness (QED) is 0.688. The highest BCUT2D eigenvalue weighted by molar-refractivity contribution is 8.02. The third kappa shape index (κ3) is 2.20. The van der Waals surface area contributed by atoms with Gasteiger partial charge in [0.1, 0.15) is 5.50 Å². The molecule has 1 aliphatic heterocycles. The van der Waals surface area contributed by atoms with Crippen molar-refractivity contribution in [1.29, 1.82) is 0 Å². The van der Waals surface area contributed by atoms with Crippen LogP contribution in [0.25, 0.3) is 0 Å².